The largest absolute Gasteiger partial charge is 0.345 e. The predicted octanol–water partition coefficient (Wildman–Crippen LogP) is 1.70. The normalized spacial score (nSPS) is 15.1. The Morgan fingerprint density at radius 3 is 2.88 bits per heavy atom. The molecule has 0 bridgehead atoms. The molecule has 0 atom stereocenters. The summed E-state index contributed by atoms with van der Waals surface area (Å²) in [4.78, 5) is 16.5. The highest BCUT2D eigenvalue weighted by Gasteiger charge is 2.19. The molecule has 0 fully saturated rings. The van der Waals surface area contributed by atoms with Crippen LogP contribution in [0, 0.1) is 10.1 Å². The van der Waals surface area contributed by atoms with Crippen molar-refractivity contribution in [2.45, 2.75) is 6.54 Å². The van der Waals surface area contributed by atoms with Crippen LogP contribution in [0.2, 0.25) is 0 Å². The van der Waals surface area contributed by atoms with Gasteiger partial charge in [0.1, 0.15) is 0 Å². The molecule has 0 unspecified atom stereocenters. The molecule has 0 aromatic heterocycles. The summed E-state index contributed by atoms with van der Waals surface area (Å²) in [6.45, 7) is 1.96. The van der Waals surface area contributed by atoms with Crippen LogP contribution in [0.1, 0.15) is 5.56 Å². The monoisotopic (exact) mass is 237 g/mol. The number of aliphatic imine (C=N–C) groups is 1. The molecule has 5 nitrogen and oxygen atoms in total. The number of nitrogens with zero attached hydrogens (tertiary/aromatic N) is 3. The number of thiol groups is 1. The van der Waals surface area contributed by atoms with Gasteiger partial charge in [0.15, 0.2) is 5.17 Å². The molecule has 0 aliphatic carbocycles. The van der Waals surface area contributed by atoms with Crippen LogP contribution < -0.4 is 0 Å². The smallest absolute Gasteiger partial charge is 0.274 e. The minimum Gasteiger partial charge on any atom is -0.345 e. The molecular formula is C10H11N3O2S. The zero-order valence-electron chi connectivity index (χ0n) is 8.54. The van der Waals surface area contributed by atoms with Crippen molar-refractivity contribution in [1.82, 2.24) is 4.90 Å². The van der Waals surface area contributed by atoms with Crippen molar-refractivity contribution in [3.8, 4) is 0 Å². The lowest BCUT2D eigenvalue weighted by molar-refractivity contribution is -0.385. The van der Waals surface area contributed by atoms with Crippen molar-refractivity contribution in [2.75, 3.05) is 13.1 Å². The number of nitro groups is 1. The molecule has 6 heteroatoms. The minimum atomic E-state index is -0.360. The highest BCUT2D eigenvalue weighted by Crippen LogP contribution is 2.21. The summed E-state index contributed by atoms with van der Waals surface area (Å²) >= 11 is 4.21. The number of para-hydroxylation sites is 1. The Labute approximate surface area is 98.3 Å². The Morgan fingerprint density at radius 2 is 2.25 bits per heavy atom. The highest BCUT2D eigenvalue weighted by molar-refractivity contribution is 7.96. The molecule has 0 amide bonds. The Kier molecular flexibility index (Phi) is 3.09. The summed E-state index contributed by atoms with van der Waals surface area (Å²) in [7, 11) is 0. The third-order valence-corrected chi connectivity index (χ3v) is 2.88. The molecule has 0 saturated heterocycles. The van der Waals surface area contributed by atoms with Gasteiger partial charge in [0.05, 0.1) is 18.0 Å². The quantitative estimate of drug-likeness (QED) is 0.494. The lowest BCUT2D eigenvalue weighted by atomic mass is 10.1. The van der Waals surface area contributed by atoms with Crippen LogP contribution in [0.5, 0.6) is 0 Å². The summed E-state index contributed by atoms with van der Waals surface area (Å²) in [6, 6.07) is 6.74. The first-order chi connectivity index (χ1) is 7.68. The summed E-state index contributed by atoms with van der Waals surface area (Å²) in [5, 5.41) is 11.5. The lowest BCUT2D eigenvalue weighted by Crippen LogP contribution is -2.24. The van der Waals surface area contributed by atoms with Gasteiger partial charge < -0.3 is 4.90 Å². The second-order valence-electron chi connectivity index (χ2n) is 3.49. The number of hydrogen-bond acceptors (Lipinski definition) is 4. The van der Waals surface area contributed by atoms with E-state index >= 15 is 0 Å². The van der Waals surface area contributed by atoms with E-state index in [4.69, 9.17) is 0 Å². The SMILES string of the molecule is O=[N+]([O-])c1ccccc1CN1CCN=C1S. The Morgan fingerprint density at radius 1 is 1.50 bits per heavy atom. The van der Waals surface area contributed by atoms with Gasteiger partial charge in [-0.2, -0.15) is 0 Å². The lowest BCUT2D eigenvalue weighted by Gasteiger charge is -2.16. The van der Waals surface area contributed by atoms with Gasteiger partial charge in [-0.3, -0.25) is 15.1 Å². The van der Waals surface area contributed by atoms with Crippen LogP contribution in [0.15, 0.2) is 29.3 Å². The molecule has 1 aliphatic heterocycles. The highest BCUT2D eigenvalue weighted by atomic mass is 32.1. The van der Waals surface area contributed by atoms with Crippen LogP contribution in [0.25, 0.3) is 0 Å². The maximum Gasteiger partial charge on any atom is 0.274 e. The van der Waals surface area contributed by atoms with Crippen molar-refractivity contribution in [2.24, 2.45) is 4.99 Å². The molecule has 0 spiro atoms. The van der Waals surface area contributed by atoms with Gasteiger partial charge in [0.25, 0.3) is 5.69 Å². The number of benzene rings is 1. The zero-order chi connectivity index (χ0) is 11.5. The fraction of sp³-hybridized carbons (Fsp3) is 0.300. The van der Waals surface area contributed by atoms with Crippen molar-refractivity contribution < 1.29 is 4.92 Å². The van der Waals surface area contributed by atoms with Gasteiger partial charge in [0, 0.05) is 18.2 Å². The van der Waals surface area contributed by atoms with E-state index in [1.54, 1.807) is 18.2 Å². The molecule has 84 valence electrons. The second-order valence-corrected chi connectivity index (χ2v) is 3.89. The average Bonchev–Trinajstić information content (AvgIpc) is 2.65. The maximum absolute atomic E-state index is 10.8. The van der Waals surface area contributed by atoms with Crippen LogP contribution in [0.4, 0.5) is 5.69 Å². The second kappa shape index (κ2) is 4.52. The van der Waals surface area contributed by atoms with E-state index in [9.17, 15) is 10.1 Å². The van der Waals surface area contributed by atoms with Gasteiger partial charge in [-0.1, -0.05) is 18.2 Å². The molecule has 1 aromatic carbocycles. The van der Waals surface area contributed by atoms with Gasteiger partial charge in [-0.15, -0.1) is 12.6 Å². The maximum atomic E-state index is 10.8. The fourth-order valence-electron chi connectivity index (χ4n) is 1.65. The van der Waals surface area contributed by atoms with E-state index in [0.717, 1.165) is 6.54 Å². The first-order valence-electron chi connectivity index (χ1n) is 4.89. The van der Waals surface area contributed by atoms with Crippen LogP contribution in [0.3, 0.4) is 0 Å². The van der Waals surface area contributed by atoms with Crippen LogP contribution in [-0.2, 0) is 6.54 Å². The molecular weight excluding hydrogens is 226 g/mol. The Bertz CT molecular complexity index is 447. The van der Waals surface area contributed by atoms with Crippen molar-refractivity contribution in [3.05, 3.63) is 39.9 Å². The fourth-order valence-corrected chi connectivity index (χ4v) is 1.92. The summed E-state index contributed by atoms with van der Waals surface area (Å²) in [5.74, 6) is 0. The van der Waals surface area contributed by atoms with E-state index in [1.165, 1.54) is 6.07 Å². The molecule has 1 aromatic rings. The Balaban J connectivity index is 2.21. The Hall–Kier alpha value is -1.56. The van der Waals surface area contributed by atoms with E-state index in [1.807, 2.05) is 4.90 Å². The third kappa shape index (κ3) is 2.16. The van der Waals surface area contributed by atoms with E-state index < -0.39 is 0 Å². The third-order valence-electron chi connectivity index (χ3n) is 2.46. The molecule has 1 aliphatic rings. The van der Waals surface area contributed by atoms with Crippen molar-refractivity contribution >= 4 is 23.5 Å². The zero-order valence-corrected chi connectivity index (χ0v) is 9.43. The standard InChI is InChI=1S/C10H11N3O2S/c14-13(15)9-4-2-1-3-8(9)7-12-6-5-11-10(12)16/h1-4H,5-7H2,(H,11,16). The summed E-state index contributed by atoms with van der Waals surface area (Å²) < 4.78 is 0. The van der Waals surface area contributed by atoms with Gasteiger partial charge >= 0.3 is 0 Å². The van der Waals surface area contributed by atoms with E-state index in [0.29, 0.717) is 23.8 Å². The average molecular weight is 237 g/mol. The number of nitro benzene ring substituents is 1. The number of amidine groups is 1. The van der Waals surface area contributed by atoms with Crippen molar-refractivity contribution in [1.29, 1.82) is 0 Å². The number of rotatable bonds is 3. The summed E-state index contributed by atoms with van der Waals surface area (Å²) in [5.41, 5.74) is 0.840. The molecule has 16 heavy (non-hydrogen) atoms. The predicted molar refractivity (Wildman–Crippen MR) is 64.8 cm³/mol. The molecule has 1 heterocycles. The molecule has 0 N–H and O–H groups in total. The first-order valence-corrected chi connectivity index (χ1v) is 5.34. The summed E-state index contributed by atoms with van der Waals surface area (Å²) in [6.07, 6.45) is 0. The number of hydrogen-bond donors (Lipinski definition) is 1. The van der Waals surface area contributed by atoms with Gasteiger partial charge in [-0.25, -0.2) is 0 Å². The minimum absolute atomic E-state index is 0.149. The van der Waals surface area contributed by atoms with Crippen molar-refractivity contribution in [3.63, 3.8) is 0 Å². The van der Waals surface area contributed by atoms with E-state index in [2.05, 4.69) is 17.6 Å². The topological polar surface area (TPSA) is 58.7 Å². The molecule has 0 saturated carbocycles. The van der Waals surface area contributed by atoms with Gasteiger partial charge in [0.2, 0.25) is 0 Å². The first kappa shape index (κ1) is 10.9. The van der Waals surface area contributed by atoms with Crippen LogP contribution in [-0.4, -0.2) is 28.1 Å². The van der Waals surface area contributed by atoms with Gasteiger partial charge in [-0.05, 0) is 0 Å². The molecule has 0 radical (unpaired) electrons. The van der Waals surface area contributed by atoms with Crippen LogP contribution >= 0.6 is 12.6 Å². The molecule has 2 rings (SSSR count). The van der Waals surface area contributed by atoms with E-state index in [-0.39, 0.29) is 10.6 Å².